The number of hydrogen-bond donors (Lipinski definition) is 2. The lowest BCUT2D eigenvalue weighted by Crippen LogP contribution is -2.40. The average Bonchev–Trinajstić information content (AvgIpc) is 3.37. The van der Waals surface area contributed by atoms with Crippen LogP contribution in [0.1, 0.15) is 68.2 Å². The number of nitrogens with one attached hydrogen (secondary N) is 2. The molecule has 1 aliphatic rings. The van der Waals surface area contributed by atoms with Crippen molar-refractivity contribution in [2.24, 2.45) is 0 Å². The van der Waals surface area contributed by atoms with Crippen molar-refractivity contribution in [2.45, 2.75) is 69.4 Å². The largest absolute Gasteiger partial charge is 0.347 e. The van der Waals surface area contributed by atoms with Gasteiger partial charge in [-0.3, -0.25) is 4.79 Å². The van der Waals surface area contributed by atoms with Crippen LogP contribution in [-0.2, 0) is 10.0 Å². The number of amides is 1. The third-order valence-corrected chi connectivity index (χ3v) is 9.79. The summed E-state index contributed by atoms with van der Waals surface area (Å²) in [6.07, 6.45) is 5.32. The molecule has 1 aromatic heterocycles. The zero-order valence-electron chi connectivity index (χ0n) is 22.8. The number of carbonyl (C=O) groups is 1. The molecule has 1 saturated carbocycles. The number of nitrogens with zero attached hydrogens (tertiary/aromatic N) is 2. The normalized spacial score (nSPS) is 14.7. The fraction of sp³-hybridized carbons (Fsp3) is 0.323. The van der Waals surface area contributed by atoms with Gasteiger partial charge in [-0.25, -0.2) is 18.1 Å². The summed E-state index contributed by atoms with van der Waals surface area (Å²) in [4.78, 5) is 19.1. The van der Waals surface area contributed by atoms with Crippen molar-refractivity contribution >= 4 is 38.0 Å². The van der Waals surface area contributed by atoms with E-state index in [0.29, 0.717) is 21.7 Å². The van der Waals surface area contributed by atoms with Crippen molar-refractivity contribution < 1.29 is 13.2 Å². The summed E-state index contributed by atoms with van der Waals surface area (Å²) in [5, 5.41) is 14.3. The molecule has 9 heteroatoms. The highest BCUT2D eigenvalue weighted by atomic mass is 32.2. The van der Waals surface area contributed by atoms with Crippen LogP contribution >= 0.6 is 11.3 Å². The summed E-state index contributed by atoms with van der Waals surface area (Å²) in [7, 11) is -3.80. The third-order valence-electron chi connectivity index (χ3n) is 6.89. The number of hydrogen-bond acceptors (Lipinski definition) is 6. The highest BCUT2D eigenvalue weighted by Gasteiger charge is 2.27. The van der Waals surface area contributed by atoms with Crippen LogP contribution in [0.25, 0.3) is 32.5 Å². The molecule has 1 heterocycles. The molecule has 0 bridgehead atoms. The number of fused-ring (bicyclic) bond motifs is 1. The third kappa shape index (κ3) is 5.94. The Morgan fingerprint density at radius 1 is 1.00 bits per heavy atom. The maximum Gasteiger partial charge on any atom is 0.280 e. The Morgan fingerprint density at radius 3 is 2.42 bits per heavy atom. The molecule has 1 aliphatic carbocycles. The van der Waals surface area contributed by atoms with Crippen molar-refractivity contribution in [3.8, 4) is 27.8 Å². The molecule has 0 spiro atoms. The predicted octanol–water partition coefficient (Wildman–Crippen LogP) is 6.64. The van der Waals surface area contributed by atoms with Gasteiger partial charge in [0, 0.05) is 28.1 Å². The molecule has 2 N–H and O–H groups in total. The number of thiazole rings is 1. The number of benzene rings is 3. The molecule has 0 saturated heterocycles. The average molecular weight is 573 g/mol. The topological polar surface area (TPSA) is 112 Å². The number of nitriles is 1. The van der Waals surface area contributed by atoms with E-state index in [9.17, 15) is 18.5 Å². The quantitative estimate of drug-likeness (QED) is 0.269. The van der Waals surface area contributed by atoms with E-state index in [0.717, 1.165) is 47.1 Å². The molecule has 40 heavy (non-hydrogen) atoms. The Kier molecular flexibility index (Phi) is 7.78. The Labute approximate surface area is 239 Å². The molecule has 0 radical (unpaired) electrons. The van der Waals surface area contributed by atoms with E-state index in [2.05, 4.69) is 16.1 Å². The molecule has 0 unspecified atom stereocenters. The first-order valence-corrected chi connectivity index (χ1v) is 15.7. The van der Waals surface area contributed by atoms with Gasteiger partial charge in [0.25, 0.3) is 5.91 Å². The van der Waals surface area contributed by atoms with Crippen LogP contribution in [-0.4, -0.2) is 30.9 Å². The minimum Gasteiger partial charge on any atom is -0.347 e. The smallest absolute Gasteiger partial charge is 0.280 e. The number of carbonyl (C=O) groups excluding carboxylic acids is 1. The van der Waals surface area contributed by atoms with Gasteiger partial charge in [0.15, 0.2) is 5.01 Å². The van der Waals surface area contributed by atoms with Crippen molar-refractivity contribution in [1.29, 1.82) is 5.26 Å². The first-order chi connectivity index (χ1) is 19.1. The lowest BCUT2D eigenvalue weighted by Gasteiger charge is -2.22. The maximum atomic E-state index is 13.3. The van der Waals surface area contributed by atoms with Crippen molar-refractivity contribution in [3.05, 3.63) is 71.2 Å². The summed E-state index contributed by atoms with van der Waals surface area (Å²) in [5.41, 5.74) is 1.93. The standard InChI is InChI=1S/C31H32N4O3S2/c1-31(2,3)35-40(37,38)26-17-16-25(23-14-7-8-15-24(23)26)28-27(21-11-9-10-20(18-21)19-32)34-30(39-28)29(36)33-22-12-5-4-6-13-22/h7-11,14-18,22,35H,4-6,12-13H2,1-3H3,(H,33,36). The van der Waals surface area contributed by atoms with Gasteiger partial charge in [0.05, 0.1) is 27.1 Å². The van der Waals surface area contributed by atoms with Crippen molar-refractivity contribution in [3.63, 3.8) is 0 Å². The summed E-state index contributed by atoms with van der Waals surface area (Å²) in [5.74, 6) is -0.210. The first kappa shape index (κ1) is 28.0. The Bertz CT molecular complexity index is 1720. The molecule has 1 amide bonds. The number of rotatable bonds is 6. The number of aromatic nitrogens is 1. The van der Waals surface area contributed by atoms with Gasteiger partial charge in [0.2, 0.25) is 10.0 Å². The van der Waals surface area contributed by atoms with E-state index in [1.807, 2.05) is 24.3 Å². The summed E-state index contributed by atoms with van der Waals surface area (Å²) < 4.78 is 29.4. The van der Waals surface area contributed by atoms with Gasteiger partial charge < -0.3 is 5.32 Å². The summed E-state index contributed by atoms with van der Waals surface area (Å²) in [6.45, 7) is 5.42. The highest BCUT2D eigenvalue weighted by Crippen LogP contribution is 2.42. The first-order valence-electron chi connectivity index (χ1n) is 13.4. The van der Waals surface area contributed by atoms with Gasteiger partial charge in [-0.1, -0.05) is 61.7 Å². The highest BCUT2D eigenvalue weighted by molar-refractivity contribution is 7.89. The van der Waals surface area contributed by atoms with Gasteiger partial charge in [-0.15, -0.1) is 11.3 Å². The Balaban J connectivity index is 1.66. The molecule has 4 aromatic rings. The monoisotopic (exact) mass is 572 g/mol. The maximum absolute atomic E-state index is 13.3. The molecular formula is C31H32N4O3S2. The van der Waals surface area contributed by atoms with Crippen molar-refractivity contribution in [1.82, 2.24) is 15.0 Å². The summed E-state index contributed by atoms with van der Waals surface area (Å²) in [6, 6.07) is 20.2. The van der Waals surface area contributed by atoms with Gasteiger partial charge in [0.1, 0.15) is 0 Å². The molecule has 0 atom stereocenters. The molecular weight excluding hydrogens is 541 g/mol. The van der Waals surface area contributed by atoms with E-state index in [1.165, 1.54) is 17.8 Å². The lowest BCUT2D eigenvalue weighted by molar-refractivity contribution is 0.0927. The zero-order valence-corrected chi connectivity index (χ0v) is 24.5. The minimum absolute atomic E-state index is 0.139. The number of sulfonamides is 1. The molecule has 206 valence electrons. The second kappa shape index (κ2) is 11.1. The van der Waals surface area contributed by atoms with Crippen LogP contribution in [0.2, 0.25) is 0 Å². The Hall–Kier alpha value is -3.58. The van der Waals surface area contributed by atoms with Crippen molar-refractivity contribution in [2.75, 3.05) is 0 Å². The molecule has 7 nitrogen and oxygen atoms in total. The van der Waals surface area contributed by atoms with Crippen LogP contribution in [0.5, 0.6) is 0 Å². The molecule has 0 aliphatic heterocycles. The van der Waals surface area contributed by atoms with E-state index < -0.39 is 15.6 Å². The van der Waals surface area contributed by atoms with E-state index >= 15 is 0 Å². The van der Waals surface area contributed by atoms with Gasteiger partial charge >= 0.3 is 0 Å². The lowest BCUT2D eigenvalue weighted by atomic mass is 9.95. The fourth-order valence-corrected chi connectivity index (χ4v) is 7.85. The molecule has 3 aromatic carbocycles. The zero-order chi connectivity index (χ0) is 28.5. The minimum atomic E-state index is -3.80. The summed E-state index contributed by atoms with van der Waals surface area (Å²) >= 11 is 1.28. The van der Waals surface area contributed by atoms with Crippen LogP contribution in [0.15, 0.2) is 65.6 Å². The fourth-order valence-electron chi connectivity index (χ4n) is 5.19. The molecule has 5 rings (SSSR count). The van der Waals surface area contributed by atoms with E-state index in [-0.39, 0.29) is 16.8 Å². The SMILES string of the molecule is CC(C)(C)NS(=O)(=O)c1ccc(-c2sc(C(=O)NC3CCCCC3)nc2-c2cccc(C#N)c2)c2ccccc12. The second-order valence-electron chi connectivity index (χ2n) is 11.2. The van der Waals surface area contributed by atoms with Crippen LogP contribution in [0, 0.1) is 11.3 Å². The van der Waals surface area contributed by atoms with E-state index in [1.54, 1.807) is 57.2 Å². The van der Waals surface area contributed by atoms with Crippen LogP contribution in [0.4, 0.5) is 0 Å². The van der Waals surface area contributed by atoms with Gasteiger partial charge in [-0.05, 0) is 57.2 Å². The van der Waals surface area contributed by atoms with E-state index in [4.69, 9.17) is 4.98 Å². The van der Waals surface area contributed by atoms with Crippen LogP contribution < -0.4 is 10.0 Å². The van der Waals surface area contributed by atoms with Crippen LogP contribution in [0.3, 0.4) is 0 Å². The predicted molar refractivity (Wildman–Crippen MR) is 160 cm³/mol. The van der Waals surface area contributed by atoms with Gasteiger partial charge in [-0.2, -0.15) is 5.26 Å². The molecule has 1 fully saturated rings. The Morgan fingerprint density at radius 2 is 1.73 bits per heavy atom. The second-order valence-corrected chi connectivity index (χ2v) is 13.9.